The molecule has 0 fully saturated rings. The summed E-state index contributed by atoms with van der Waals surface area (Å²) in [6.07, 6.45) is 11.9. The Morgan fingerprint density at radius 3 is 2.39 bits per heavy atom. The van der Waals surface area contributed by atoms with Crippen LogP contribution in [0, 0.1) is 0 Å². The first-order chi connectivity index (χ1) is 20.1. The Morgan fingerprint density at radius 1 is 0.878 bits per heavy atom. The van der Waals surface area contributed by atoms with Gasteiger partial charge in [0.25, 0.3) is 0 Å². The van der Waals surface area contributed by atoms with Gasteiger partial charge in [-0.2, -0.15) is 0 Å². The zero-order valence-electron chi connectivity index (χ0n) is 24.3. The monoisotopic (exact) mass is 555 g/mol. The molecule has 2 N–H and O–H groups in total. The second-order valence-electron chi connectivity index (χ2n) is 9.28. The Kier molecular flexibility index (Phi) is 13.7. The van der Waals surface area contributed by atoms with Gasteiger partial charge in [-0.25, -0.2) is 0 Å². The first kappa shape index (κ1) is 31.2. The van der Waals surface area contributed by atoms with E-state index in [4.69, 9.17) is 14.2 Å². The van der Waals surface area contributed by atoms with Crippen molar-refractivity contribution in [1.29, 1.82) is 0 Å². The fraction of sp³-hybridized carbons (Fsp3) is 0.294. The van der Waals surface area contributed by atoms with E-state index in [1.807, 2.05) is 79.0 Å². The van der Waals surface area contributed by atoms with Crippen LogP contribution in [0.2, 0.25) is 0 Å². The van der Waals surface area contributed by atoms with Gasteiger partial charge >= 0.3 is 0 Å². The molecule has 0 heterocycles. The molecule has 3 aromatic carbocycles. The Bertz CT molecular complexity index is 1280. The lowest BCUT2D eigenvalue weighted by molar-refractivity contribution is -0.111. The SMILES string of the molecule is CCCCOCCOc1ccc(-c2ccc(OC)c(/C=C/C(=O)Nc3ccc(/C=C/NC=NCCC)cc3)c2)cc1. The molecule has 3 rings (SSSR count). The lowest BCUT2D eigenvalue weighted by Gasteiger charge is -2.10. The van der Waals surface area contributed by atoms with Gasteiger partial charge in [-0.15, -0.1) is 0 Å². The third-order valence-electron chi connectivity index (χ3n) is 6.04. The lowest BCUT2D eigenvalue weighted by atomic mass is 10.0. The number of methoxy groups -OCH3 is 1. The molecule has 0 saturated heterocycles. The molecule has 41 heavy (non-hydrogen) atoms. The van der Waals surface area contributed by atoms with Crippen LogP contribution in [-0.2, 0) is 9.53 Å². The number of hydrogen-bond donors (Lipinski definition) is 2. The van der Waals surface area contributed by atoms with Gasteiger partial charge in [0.2, 0.25) is 5.91 Å². The minimum atomic E-state index is -0.227. The van der Waals surface area contributed by atoms with Crippen molar-refractivity contribution in [2.24, 2.45) is 4.99 Å². The number of unbranched alkanes of at least 4 members (excludes halogenated alkanes) is 1. The molecule has 0 unspecified atom stereocenters. The van der Waals surface area contributed by atoms with Crippen LogP contribution in [0.5, 0.6) is 11.5 Å². The summed E-state index contributed by atoms with van der Waals surface area (Å²) in [7, 11) is 1.62. The number of rotatable bonds is 17. The number of nitrogens with one attached hydrogen (secondary N) is 2. The van der Waals surface area contributed by atoms with Crippen LogP contribution in [0.4, 0.5) is 5.69 Å². The van der Waals surface area contributed by atoms with E-state index in [0.29, 0.717) is 24.7 Å². The molecule has 1 amide bonds. The van der Waals surface area contributed by atoms with Crippen LogP contribution in [0.15, 0.2) is 84.0 Å². The van der Waals surface area contributed by atoms with E-state index in [-0.39, 0.29) is 5.91 Å². The summed E-state index contributed by atoms with van der Waals surface area (Å²) >= 11 is 0. The fourth-order valence-corrected chi connectivity index (χ4v) is 3.82. The van der Waals surface area contributed by atoms with Gasteiger partial charge < -0.3 is 24.8 Å². The Labute approximate surface area is 244 Å². The van der Waals surface area contributed by atoms with Gasteiger partial charge in [-0.3, -0.25) is 9.79 Å². The van der Waals surface area contributed by atoms with Gasteiger partial charge in [0.05, 0.1) is 20.1 Å². The standard InChI is InChI=1S/C34H41N3O4/c1-4-6-22-40-23-24-41-32-15-9-28(10-16-32)29-11-17-33(39-3)30(25-29)12-18-34(38)37-31-13-7-27(8-14-31)19-21-36-26-35-20-5-2/h7-19,21,25-26H,4-6,20,22-24H2,1-3H3,(H,35,36)(H,37,38)/b18-12+,21-19+. The van der Waals surface area contributed by atoms with Crippen LogP contribution in [0.25, 0.3) is 23.3 Å². The van der Waals surface area contributed by atoms with Crippen molar-refractivity contribution in [3.63, 3.8) is 0 Å². The van der Waals surface area contributed by atoms with E-state index >= 15 is 0 Å². The van der Waals surface area contributed by atoms with Crippen molar-refractivity contribution >= 4 is 30.1 Å². The van der Waals surface area contributed by atoms with Gasteiger partial charge in [0, 0.05) is 36.7 Å². The molecular weight excluding hydrogens is 514 g/mol. The third-order valence-corrected chi connectivity index (χ3v) is 6.04. The number of amides is 1. The van der Waals surface area contributed by atoms with Crippen LogP contribution >= 0.6 is 0 Å². The molecule has 0 saturated carbocycles. The van der Waals surface area contributed by atoms with Crippen molar-refractivity contribution in [2.45, 2.75) is 33.1 Å². The highest BCUT2D eigenvalue weighted by molar-refractivity contribution is 6.02. The highest BCUT2D eigenvalue weighted by atomic mass is 16.5. The summed E-state index contributed by atoms with van der Waals surface area (Å²) < 4.78 is 16.9. The van der Waals surface area contributed by atoms with E-state index in [1.54, 1.807) is 19.5 Å². The maximum Gasteiger partial charge on any atom is 0.248 e. The predicted molar refractivity (Wildman–Crippen MR) is 170 cm³/mol. The number of aliphatic imine (C=N–C) groups is 1. The number of hydrogen-bond acceptors (Lipinski definition) is 5. The first-order valence-electron chi connectivity index (χ1n) is 14.1. The molecule has 7 nitrogen and oxygen atoms in total. The van der Waals surface area contributed by atoms with Crippen molar-refractivity contribution < 1.29 is 19.0 Å². The molecule has 0 aliphatic heterocycles. The van der Waals surface area contributed by atoms with E-state index in [0.717, 1.165) is 60.4 Å². The van der Waals surface area contributed by atoms with Gasteiger partial charge in [-0.1, -0.05) is 50.6 Å². The minimum absolute atomic E-state index is 0.227. The van der Waals surface area contributed by atoms with E-state index < -0.39 is 0 Å². The number of carbonyl (C=O) groups excluding carboxylic acids is 1. The Morgan fingerprint density at radius 2 is 1.66 bits per heavy atom. The summed E-state index contributed by atoms with van der Waals surface area (Å²) in [4.78, 5) is 16.8. The van der Waals surface area contributed by atoms with E-state index in [2.05, 4.69) is 29.5 Å². The van der Waals surface area contributed by atoms with Crippen LogP contribution in [0.3, 0.4) is 0 Å². The molecule has 7 heteroatoms. The summed E-state index contributed by atoms with van der Waals surface area (Å²) in [5.74, 6) is 1.26. The van der Waals surface area contributed by atoms with E-state index in [1.165, 1.54) is 6.08 Å². The molecule has 0 spiro atoms. The molecule has 0 aromatic heterocycles. The molecule has 0 bridgehead atoms. The third kappa shape index (κ3) is 11.3. The molecule has 3 aromatic rings. The zero-order valence-corrected chi connectivity index (χ0v) is 24.3. The molecule has 216 valence electrons. The van der Waals surface area contributed by atoms with Crippen LogP contribution in [-0.4, -0.2) is 45.7 Å². The smallest absolute Gasteiger partial charge is 0.248 e. The topological polar surface area (TPSA) is 81.2 Å². The van der Waals surface area contributed by atoms with Crippen molar-refractivity contribution in [3.05, 3.63) is 90.1 Å². The Hall–Kier alpha value is -4.36. The van der Waals surface area contributed by atoms with Gasteiger partial charge in [-0.05, 0) is 78.1 Å². The quantitative estimate of drug-likeness (QED) is 0.0796. The lowest BCUT2D eigenvalue weighted by Crippen LogP contribution is -2.07. The number of nitrogens with zero attached hydrogens (tertiary/aromatic N) is 1. The molecule has 0 atom stereocenters. The zero-order chi connectivity index (χ0) is 29.1. The fourth-order valence-electron chi connectivity index (χ4n) is 3.82. The molecule has 0 aliphatic rings. The molecular formula is C34H41N3O4. The predicted octanol–water partition coefficient (Wildman–Crippen LogP) is 7.21. The van der Waals surface area contributed by atoms with Crippen LogP contribution in [0.1, 0.15) is 44.2 Å². The number of carbonyl (C=O) groups is 1. The largest absolute Gasteiger partial charge is 0.496 e. The average Bonchev–Trinajstić information content (AvgIpc) is 3.00. The first-order valence-corrected chi connectivity index (χ1v) is 14.1. The molecule has 0 aliphatic carbocycles. The second kappa shape index (κ2) is 18.1. The van der Waals surface area contributed by atoms with Crippen molar-refractivity contribution in [2.75, 3.05) is 38.8 Å². The van der Waals surface area contributed by atoms with Gasteiger partial charge in [0.15, 0.2) is 0 Å². The van der Waals surface area contributed by atoms with Crippen LogP contribution < -0.4 is 20.1 Å². The van der Waals surface area contributed by atoms with Crippen molar-refractivity contribution in [1.82, 2.24) is 5.32 Å². The summed E-state index contributed by atoms with van der Waals surface area (Å²) in [5, 5.41) is 5.92. The Balaban J connectivity index is 1.56. The average molecular weight is 556 g/mol. The summed E-state index contributed by atoms with van der Waals surface area (Å²) in [6, 6.07) is 21.4. The highest BCUT2D eigenvalue weighted by Crippen LogP contribution is 2.29. The second-order valence-corrected chi connectivity index (χ2v) is 9.28. The van der Waals surface area contributed by atoms with Crippen molar-refractivity contribution in [3.8, 4) is 22.6 Å². The summed E-state index contributed by atoms with van der Waals surface area (Å²) in [5.41, 5.74) is 4.57. The normalized spacial score (nSPS) is 11.4. The highest BCUT2D eigenvalue weighted by Gasteiger charge is 2.06. The number of ether oxygens (including phenoxy) is 3. The maximum absolute atomic E-state index is 12.6. The molecule has 0 radical (unpaired) electrons. The van der Waals surface area contributed by atoms with E-state index in [9.17, 15) is 4.79 Å². The van der Waals surface area contributed by atoms with Gasteiger partial charge in [0.1, 0.15) is 18.1 Å². The maximum atomic E-state index is 12.6. The minimum Gasteiger partial charge on any atom is -0.496 e. The summed E-state index contributed by atoms with van der Waals surface area (Å²) in [6.45, 7) is 6.92. The number of anilines is 1. The number of benzene rings is 3.